The summed E-state index contributed by atoms with van der Waals surface area (Å²) in [5.74, 6) is -0.509. The quantitative estimate of drug-likeness (QED) is 0.333. The monoisotopic (exact) mass is 405 g/mol. The second-order valence-corrected chi connectivity index (χ2v) is 6.04. The zero-order valence-electron chi connectivity index (χ0n) is 16.6. The van der Waals surface area contributed by atoms with Crippen molar-refractivity contribution >= 4 is 23.6 Å². The lowest BCUT2D eigenvalue weighted by Gasteiger charge is -2.30. The molecule has 154 valence electrons. The van der Waals surface area contributed by atoms with Gasteiger partial charge in [-0.15, -0.1) is 0 Å². The number of nitrogens with zero attached hydrogens (tertiary/aromatic N) is 2. The number of para-hydroxylation sites is 1. The van der Waals surface area contributed by atoms with Gasteiger partial charge in [-0.05, 0) is 36.8 Å². The summed E-state index contributed by atoms with van der Waals surface area (Å²) in [6.45, 7) is 8.79. The van der Waals surface area contributed by atoms with Gasteiger partial charge in [0.05, 0.1) is 5.69 Å². The van der Waals surface area contributed by atoms with E-state index in [0.717, 1.165) is 11.3 Å². The van der Waals surface area contributed by atoms with Crippen molar-refractivity contribution in [2.45, 2.75) is 6.92 Å². The number of ether oxygens (including phenoxy) is 1. The molecule has 7 nitrogen and oxygen atoms in total. The van der Waals surface area contributed by atoms with Gasteiger partial charge >= 0.3 is 5.97 Å². The molecule has 0 saturated heterocycles. The maximum absolute atomic E-state index is 11.4. The van der Waals surface area contributed by atoms with Crippen LogP contribution in [0, 0.1) is 6.92 Å². The normalized spacial score (nSPS) is 11.4. The van der Waals surface area contributed by atoms with Crippen LogP contribution < -0.4 is 15.0 Å². The zero-order valence-corrected chi connectivity index (χ0v) is 16.6. The van der Waals surface area contributed by atoms with E-state index in [9.17, 15) is 9.59 Å². The molecule has 2 rings (SSSR count). The summed E-state index contributed by atoms with van der Waals surface area (Å²) in [5, 5.41) is 12.0. The molecular formula is C23H23N3O4. The molecule has 0 saturated carbocycles. The second-order valence-electron chi connectivity index (χ2n) is 6.04. The molecule has 1 heterocycles. The average molecular weight is 405 g/mol. The summed E-state index contributed by atoms with van der Waals surface area (Å²) in [5.41, 5.74) is 2.83. The molecule has 0 aliphatic heterocycles. The van der Waals surface area contributed by atoms with Crippen molar-refractivity contribution in [1.29, 1.82) is 0 Å². The van der Waals surface area contributed by atoms with E-state index in [1.165, 1.54) is 6.08 Å². The van der Waals surface area contributed by atoms with Crippen LogP contribution in [0.1, 0.15) is 5.56 Å². The van der Waals surface area contributed by atoms with Crippen LogP contribution in [0.15, 0.2) is 91.6 Å². The standard InChI is InChI=1S/C23H23N3O4/c1-4-9-18(5-2)25-21(12-13-27)26(19-10-7-6-8-11-19)20-14-22(24-15-17(20)3)30-16-23(28)29/h4-15,25H,1-2,16H2,3H3,(H,28,29)/b18-9+,21-12-. The SMILES string of the molecule is C=C/C=C(\C=C)N/C(=C/C=O)N(c1ccccc1)c1cc(OCC(=O)O)ncc1C. The lowest BCUT2D eigenvalue weighted by Crippen LogP contribution is -2.28. The Morgan fingerprint density at radius 2 is 2.00 bits per heavy atom. The van der Waals surface area contributed by atoms with E-state index in [1.54, 1.807) is 35.4 Å². The highest BCUT2D eigenvalue weighted by Crippen LogP contribution is 2.33. The molecule has 0 fully saturated rings. The fourth-order valence-corrected chi connectivity index (χ4v) is 2.61. The number of aryl methyl sites for hydroxylation is 1. The van der Waals surface area contributed by atoms with Crippen LogP contribution in [0.5, 0.6) is 5.88 Å². The first-order valence-corrected chi connectivity index (χ1v) is 9.04. The van der Waals surface area contributed by atoms with Gasteiger partial charge in [0.25, 0.3) is 0 Å². The number of carboxylic acid groups (broad SMARTS) is 1. The van der Waals surface area contributed by atoms with E-state index in [0.29, 0.717) is 23.5 Å². The first-order valence-electron chi connectivity index (χ1n) is 9.04. The van der Waals surface area contributed by atoms with Crippen molar-refractivity contribution in [3.63, 3.8) is 0 Å². The number of carboxylic acids is 1. The van der Waals surface area contributed by atoms with Crippen LogP contribution in [0.25, 0.3) is 0 Å². The van der Waals surface area contributed by atoms with Crippen LogP contribution in [0.2, 0.25) is 0 Å². The third kappa shape index (κ3) is 5.93. The number of carbonyl (C=O) groups excluding carboxylic acids is 1. The van der Waals surface area contributed by atoms with E-state index < -0.39 is 12.6 Å². The molecule has 0 radical (unpaired) electrons. The summed E-state index contributed by atoms with van der Waals surface area (Å²) in [7, 11) is 0. The number of pyridine rings is 1. The molecular weight excluding hydrogens is 382 g/mol. The van der Waals surface area contributed by atoms with Gasteiger partial charge < -0.3 is 15.2 Å². The van der Waals surface area contributed by atoms with E-state index in [-0.39, 0.29) is 5.88 Å². The van der Waals surface area contributed by atoms with E-state index in [2.05, 4.69) is 23.5 Å². The molecule has 0 bridgehead atoms. The van der Waals surface area contributed by atoms with Crippen molar-refractivity contribution in [3.8, 4) is 5.88 Å². The van der Waals surface area contributed by atoms with E-state index in [4.69, 9.17) is 9.84 Å². The summed E-state index contributed by atoms with van der Waals surface area (Å²) in [4.78, 5) is 28.2. The van der Waals surface area contributed by atoms with Crippen LogP contribution in [-0.4, -0.2) is 29.0 Å². The molecule has 7 heteroatoms. The molecule has 30 heavy (non-hydrogen) atoms. The van der Waals surface area contributed by atoms with Gasteiger partial charge in [0.1, 0.15) is 12.1 Å². The Labute approximate surface area is 175 Å². The minimum absolute atomic E-state index is 0.148. The van der Waals surface area contributed by atoms with Gasteiger partial charge in [-0.2, -0.15) is 0 Å². The molecule has 1 aromatic carbocycles. The summed E-state index contributed by atoms with van der Waals surface area (Å²) in [6.07, 6.45) is 8.55. The Bertz CT molecular complexity index is 981. The fraction of sp³-hybridized carbons (Fsp3) is 0.0870. The summed E-state index contributed by atoms with van der Waals surface area (Å²) < 4.78 is 5.24. The maximum atomic E-state index is 11.4. The van der Waals surface area contributed by atoms with Crippen molar-refractivity contribution in [1.82, 2.24) is 10.3 Å². The number of rotatable bonds is 11. The number of allylic oxidation sites excluding steroid dienone is 4. The Morgan fingerprint density at radius 1 is 1.27 bits per heavy atom. The number of aldehydes is 1. The Hall–Kier alpha value is -4.13. The molecule has 0 amide bonds. The topological polar surface area (TPSA) is 91.8 Å². The number of aliphatic carboxylic acids is 1. The molecule has 2 aromatic rings. The van der Waals surface area contributed by atoms with Crippen molar-refractivity contribution in [3.05, 3.63) is 97.1 Å². The van der Waals surface area contributed by atoms with Gasteiger partial charge in [-0.3, -0.25) is 9.69 Å². The van der Waals surface area contributed by atoms with Crippen LogP contribution >= 0.6 is 0 Å². The molecule has 1 aromatic heterocycles. The zero-order chi connectivity index (χ0) is 21.9. The minimum atomic E-state index is -1.10. The number of nitrogens with one attached hydrogen (secondary N) is 1. The first kappa shape index (κ1) is 22.2. The number of anilines is 2. The average Bonchev–Trinajstić information content (AvgIpc) is 2.74. The first-order chi connectivity index (χ1) is 14.5. The molecule has 2 N–H and O–H groups in total. The third-order valence-corrected chi connectivity index (χ3v) is 3.91. The molecule has 0 spiro atoms. The Morgan fingerprint density at radius 3 is 2.60 bits per heavy atom. The van der Waals surface area contributed by atoms with Gasteiger partial charge in [0.2, 0.25) is 5.88 Å². The number of carbonyl (C=O) groups is 2. The lowest BCUT2D eigenvalue weighted by atomic mass is 10.2. The minimum Gasteiger partial charge on any atom is -0.479 e. The molecule has 0 aliphatic carbocycles. The van der Waals surface area contributed by atoms with Crippen LogP contribution in [-0.2, 0) is 9.59 Å². The van der Waals surface area contributed by atoms with Gasteiger partial charge in [0, 0.05) is 29.7 Å². The predicted molar refractivity (Wildman–Crippen MR) is 116 cm³/mol. The highest BCUT2D eigenvalue weighted by molar-refractivity contribution is 5.76. The second kappa shape index (κ2) is 11.0. The van der Waals surface area contributed by atoms with Crippen LogP contribution in [0.3, 0.4) is 0 Å². The smallest absolute Gasteiger partial charge is 0.341 e. The molecule has 0 atom stereocenters. The van der Waals surface area contributed by atoms with Gasteiger partial charge in [-0.1, -0.05) is 37.4 Å². The predicted octanol–water partition coefficient (Wildman–Crippen LogP) is 3.88. The largest absolute Gasteiger partial charge is 0.479 e. The molecule has 0 unspecified atom stereocenters. The van der Waals surface area contributed by atoms with Crippen LogP contribution in [0.4, 0.5) is 11.4 Å². The van der Waals surface area contributed by atoms with Gasteiger partial charge in [0.15, 0.2) is 6.61 Å². The Balaban J connectivity index is 2.61. The maximum Gasteiger partial charge on any atom is 0.341 e. The highest BCUT2D eigenvalue weighted by atomic mass is 16.5. The number of hydrogen-bond acceptors (Lipinski definition) is 6. The van der Waals surface area contributed by atoms with Crippen molar-refractivity contribution in [2.24, 2.45) is 0 Å². The van der Waals surface area contributed by atoms with Crippen molar-refractivity contribution in [2.75, 3.05) is 11.5 Å². The van der Waals surface area contributed by atoms with Gasteiger partial charge in [-0.25, -0.2) is 9.78 Å². The molecule has 0 aliphatic rings. The fourth-order valence-electron chi connectivity index (χ4n) is 2.61. The third-order valence-electron chi connectivity index (χ3n) is 3.91. The summed E-state index contributed by atoms with van der Waals surface area (Å²) >= 11 is 0. The summed E-state index contributed by atoms with van der Waals surface area (Å²) in [6, 6.07) is 11.0. The number of aromatic nitrogens is 1. The van der Waals surface area contributed by atoms with E-state index >= 15 is 0 Å². The lowest BCUT2D eigenvalue weighted by molar-refractivity contribution is -0.139. The van der Waals surface area contributed by atoms with E-state index in [1.807, 2.05) is 37.3 Å². The van der Waals surface area contributed by atoms with Crippen molar-refractivity contribution < 1.29 is 19.4 Å². The Kier molecular flexibility index (Phi) is 8.14. The number of hydrogen-bond donors (Lipinski definition) is 2. The highest BCUT2D eigenvalue weighted by Gasteiger charge is 2.19. The number of benzene rings is 1.